The van der Waals surface area contributed by atoms with E-state index in [0.717, 1.165) is 31.7 Å². The molecule has 0 atom stereocenters. The topological polar surface area (TPSA) is 25.8 Å². The maximum Gasteiger partial charge on any atom is 0.118 e. The van der Waals surface area contributed by atoms with Crippen LogP contribution in [-0.2, 0) is 19.4 Å². The summed E-state index contributed by atoms with van der Waals surface area (Å²) in [6, 6.07) is 17.3. The van der Waals surface area contributed by atoms with Gasteiger partial charge in [0.25, 0.3) is 0 Å². The molecule has 0 aliphatic carbocycles. The monoisotopic (exact) mass is 270 g/mol. The van der Waals surface area contributed by atoms with Crippen molar-refractivity contribution in [2.24, 2.45) is 0 Å². The first-order valence-electron chi connectivity index (χ1n) is 7.34. The molecule has 0 unspecified atom stereocenters. The van der Waals surface area contributed by atoms with Gasteiger partial charge in [-0.05, 0) is 29.7 Å². The molecule has 0 saturated heterocycles. The molecule has 20 heavy (non-hydrogen) atoms. The first-order chi connectivity index (χ1) is 9.81. The van der Waals surface area contributed by atoms with Crippen molar-refractivity contribution in [3.63, 3.8) is 0 Å². The highest BCUT2D eigenvalue weighted by Gasteiger charge is 1.98. The van der Waals surface area contributed by atoms with E-state index < -0.39 is 0 Å². The van der Waals surface area contributed by atoms with Gasteiger partial charge in [-0.25, -0.2) is 0 Å². The van der Waals surface area contributed by atoms with Crippen molar-refractivity contribution in [2.45, 2.75) is 26.3 Å². The van der Waals surface area contributed by atoms with Crippen molar-refractivity contribution < 1.29 is 10.1 Å². The molecule has 0 bridgehead atoms. The van der Waals surface area contributed by atoms with Gasteiger partial charge in [-0.2, -0.15) is 0 Å². The van der Waals surface area contributed by atoms with Crippen molar-refractivity contribution in [1.29, 1.82) is 0 Å². The Bertz CT molecular complexity index is 452. The third-order valence-corrected chi connectivity index (χ3v) is 3.61. The number of methoxy groups -OCH3 is 1. The minimum atomic E-state index is 0.925. The Morgan fingerprint density at radius 3 is 2.05 bits per heavy atom. The van der Waals surface area contributed by atoms with Crippen LogP contribution in [0.15, 0.2) is 48.5 Å². The SMILES string of the molecule is CCc1ccc(C[NH2+]CCc2ccc(OC)cc2)cc1. The summed E-state index contributed by atoms with van der Waals surface area (Å²) in [6.07, 6.45) is 2.21. The van der Waals surface area contributed by atoms with E-state index in [9.17, 15) is 0 Å². The fourth-order valence-corrected chi connectivity index (χ4v) is 2.24. The van der Waals surface area contributed by atoms with Crippen LogP contribution in [0.3, 0.4) is 0 Å². The van der Waals surface area contributed by atoms with Gasteiger partial charge in [0.2, 0.25) is 0 Å². The molecule has 0 saturated carbocycles. The van der Waals surface area contributed by atoms with E-state index in [1.807, 2.05) is 12.1 Å². The summed E-state index contributed by atoms with van der Waals surface area (Å²) < 4.78 is 5.16. The average molecular weight is 270 g/mol. The fraction of sp³-hybridized carbons (Fsp3) is 0.333. The molecule has 0 amide bonds. The molecule has 0 fully saturated rings. The number of aryl methyl sites for hydroxylation is 1. The summed E-state index contributed by atoms with van der Waals surface area (Å²) in [5.41, 5.74) is 4.17. The van der Waals surface area contributed by atoms with Crippen molar-refractivity contribution in [2.75, 3.05) is 13.7 Å². The van der Waals surface area contributed by atoms with E-state index >= 15 is 0 Å². The van der Waals surface area contributed by atoms with Crippen LogP contribution in [0.1, 0.15) is 23.6 Å². The third kappa shape index (κ3) is 4.39. The van der Waals surface area contributed by atoms with Gasteiger partial charge in [-0.1, -0.05) is 43.3 Å². The zero-order valence-corrected chi connectivity index (χ0v) is 12.4. The van der Waals surface area contributed by atoms with Crippen molar-refractivity contribution in [3.8, 4) is 5.75 Å². The van der Waals surface area contributed by atoms with Crippen LogP contribution in [0.25, 0.3) is 0 Å². The minimum absolute atomic E-state index is 0.925. The molecule has 0 spiro atoms. The van der Waals surface area contributed by atoms with Crippen LogP contribution in [0.5, 0.6) is 5.75 Å². The summed E-state index contributed by atoms with van der Waals surface area (Å²) in [5, 5.41) is 2.37. The number of benzene rings is 2. The molecular formula is C18H24NO+. The summed E-state index contributed by atoms with van der Waals surface area (Å²) in [4.78, 5) is 0. The van der Waals surface area contributed by atoms with Gasteiger partial charge in [0.1, 0.15) is 12.3 Å². The van der Waals surface area contributed by atoms with Crippen LogP contribution in [0, 0.1) is 0 Å². The quantitative estimate of drug-likeness (QED) is 0.769. The van der Waals surface area contributed by atoms with Crippen LogP contribution in [0.4, 0.5) is 0 Å². The maximum absolute atomic E-state index is 5.16. The first-order valence-corrected chi connectivity index (χ1v) is 7.34. The molecule has 0 aliphatic rings. The third-order valence-electron chi connectivity index (χ3n) is 3.61. The van der Waals surface area contributed by atoms with Crippen LogP contribution in [-0.4, -0.2) is 13.7 Å². The second-order valence-electron chi connectivity index (χ2n) is 5.05. The van der Waals surface area contributed by atoms with E-state index in [2.05, 4.69) is 48.6 Å². The van der Waals surface area contributed by atoms with Crippen LogP contribution in [0.2, 0.25) is 0 Å². The Hall–Kier alpha value is -1.80. The van der Waals surface area contributed by atoms with Gasteiger partial charge in [-0.3, -0.25) is 0 Å². The van der Waals surface area contributed by atoms with Crippen molar-refractivity contribution in [1.82, 2.24) is 0 Å². The van der Waals surface area contributed by atoms with Crippen molar-refractivity contribution in [3.05, 3.63) is 65.2 Å². The Kier molecular flexibility index (Phi) is 5.63. The highest BCUT2D eigenvalue weighted by Crippen LogP contribution is 2.11. The lowest BCUT2D eigenvalue weighted by Crippen LogP contribution is -2.83. The predicted molar refractivity (Wildman–Crippen MR) is 83.0 cm³/mol. The molecule has 0 heterocycles. The molecule has 2 rings (SSSR count). The Morgan fingerprint density at radius 1 is 0.850 bits per heavy atom. The molecule has 106 valence electrons. The maximum atomic E-state index is 5.16. The van der Waals surface area contributed by atoms with Gasteiger partial charge in [0, 0.05) is 12.0 Å². The summed E-state index contributed by atoms with van der Waals surface area (Å²) in [7, 11) is 1.70. The van der Waals surface area contributed by atoms with Crippen molar-refractivity contribution >= 4 is 0 Å². The Labute approximate surface area is 121 Å². The molecule has 2 aromatic carbocycles. The summed E-state index contributed by atoms with van der Waals surface area (Å²) >= 11 is 0. The van der Waals surface area contributed by atoms with E-state index in [4.69, 9.17) is 4.74 Å². The van der Waals surface area contributed by atoms with E-state index in [0.29, 0.717) is 0 Å². The molecular weight excluding hydrogens is 246 g/mol. The lowest BCUT2D eigenvalue weighted by molar-refractivity contribution is -0.670. The van der Waals surface area contributed by atoms with E-state index in [1.165, 1.54) is 16.7 Å². The second-order valence-corrected chi connectivity index (χ2v) is 5.05. The molecule has 2 aromatic rings. The van der Waals surface area contributed by atoms with Gasteiger partial charge in [0.05, 0.1) is 13.7 Å². The molecule has 0 aromatic heterocycles. The van der Waals surface area contributed by atoms with Gasteiger partial charge in [0.15, 0.2) is 0 Å². The van der Waals surface area contributed by atoms with E-state index in [-0.39, 0.29) is 0 Å². The largest absolute Gasteiger partial charge is 0.497 e. The van der Waals surface area contributed by atoms with Gasteiger partial charge in [-0.15, -0.1) is 0 Å². The zero-order chi connectivity index (χ0) is 14.2. The fourth-order valence-electron chi connectivity index (χ4n) is 2.24. The smallest absolute Gasteiger partial charge is 0.118 e. The van der Waals surface area contributed by atoms with Crippen LogP contribution >= 0.6 is 0 Å². The minimum Gasteiger partial charge on any atom is -0.497 e. The van der Waals surface area contributed by atoms with Gasteiger partial charge >= 0.3 is 0 Å². The summed E-state index contributed by atoms with van der Waals surface area (Å²) in [6.45, 7) is 4.36. The number of ether oxygens (including phenoxy) is 1. The molecule has 2 nitrogen and oxygen atoms in total. The van der Waals surface area contributed by atoms with E-state index in [1.54, 1.807) is 7.11 Å². The average Bonchev–Trinajstić information content (AvgIpc) is 2.53. The predicted octanol–water partition coefficient (Wildman–Crippen LogP) is 2.56. The number of rotatable bonds is 7. The standard InChI is InChI=1S/C18H23NO/c1-3-15-4-6-17(7-5-15)14-19-13-12-16-8-10-18(20-2)11-9-16/h4-11,19H,3,12-14H2,1-2H3/p+1. The second kappa shape index (κ2) is 7.71. The lowest BCUT2D eigenvalue weighted by Gasteiger charge is -2.04. The molecule has 0 radical (unpaired) electrons. The highest BCUT2D eigenvalue weighted by molar-refractivity contribution is 5.27. The lowest BCUT2D eigenvalue weighted by atomic mass is 10.1. The normalized spacial score (nSPS) is 10.5. The molecule has 0 aliphatic heterocycles. The number of nitrogens with two attached hydrogens (primary N) is 1. The van der Waals surface area contributed by atoms with Gasteiger partial charge < -0.3 is 10.1 Å². The number of hydrogen-bond acceptors (Lipinski definition) is 1. The number of hydrogen-bond donors (Lipinski definition) is 1. The summed E-state index contributed by atoms with van der Waals surface area (Å²) in [5.74, 6) is 0.925. The first kappa shape index (κ1) is 14.6. The van der Waals surface area contributed by atoms with Crippen LogP contribution < -0.4 is 10.1 Å². The number of quaternary nitrogens is 1. The Balaban J connectivity index is 1.72. The molecule has 2 heteroatoms. The zero-order valence-electron chi connectivity index (χ0n) is 12.4. The molecule has 2 N–H and O–H groups in total. The highest BCUT2D eigenvalue weighted by atomic mass is 16.5. The Morgan fingerprint density at radius 2 is 1.45 bits per heavy atom.